The third kappa shape index (κ3) is 4.76. The summed E-state index contributed by atoms with van der Waals surface area (Å²) in [7, 11) is 1.47. The van der Waals surface area contributed by atoms with E-state index in [0.717, 1.165) is 0 Å². The number of carbonyl (C=O) groups excluding carboxylic acids is 1. The molecule has 174 valence electrons. The molecule has 0 unspecified atom stereocenters. The molecule has 1 saturated heterocycles. The molecule has 3 N–H and O–H groups in total. The smallest absolute Gasteiger partial charge is 0.227 e. The standard InChI is InChI=1S/C23H24N2O8/c1-30-13-2-3-19-16(8-13)21(28)17(12-32-19)15(10-20(24)27)23-22(29)18(26)9-14(33-23)11-25-4-6-31-7-5-25/h2-3,8-9,12,15,29H,4-7,10-11H2,1H3,(H2,24,27)/t15-/m0/s1. The summed E-state index contributed by atoms with van der Waals surface area (Å²) < 4.78 is 22.0. The zero-order valence-electron chi connectivity index (χ0n) is 18.0. The van der Waals surface area contributed by atoms with Gasteiger partial charge in [-0.25, -0.2) is 0 Å². The average molecular weight is 456 g/mol. The lowest BCUT2D eigenvalue weighted by Gasteiger charge is -2.26. The minimum atomic E-state index is -1.12. The fraction of sp³-hybridized carbons (Fsp3) is 0.348. The van der Waals surface area contributed by atoms with Gasteiger partial charge in [0, 0.05) is 31.1 Å². The van der Waals surface area contributed by atoms with Gasteiger partial charge in [-0.05, 0) is 18.2 Å². The molecule has 4 rings (SSSR count). The number of amides is 1. The number of fused-ring (bicyclic) bond motifs is 1. The van der Waals surface area contributed by atoms with Gasteiger partial charge in [0.2, 0.25) is 17.1 Å². The number of hydrogen-bond donors (Lipinski definition) is 2. The number of nitrogens with two attached hydrogens (primary N) is 1. The van der Waals surface area contributed by atoms with Crippen LogP contribution in [0.5, 0.6) is 11.5 Å². The number of nitrogens with zero attached hydrogens (tertiary/aromatic N) is 1. The van der Waals surface area contributed by atoms with Crippen molar-refractivity contribution in [1.29, 1.82) is 0 Å². The maximum absolute atomic E-state index is 13.3. The Morgan fingerprint density at radius 2 is 2.00 bits per heavy atom. The van der Waals surface area contributed by atoms with Crippen LogP contribution < -0.4 is 21.3 Å². The van der Waals surface area contributed by atoms with Gasteiger partial charge in [-0.15, -0.1) is 0 Å². The molecular formula is C23H24N2O8. The van der Waals surface area contributed by atoms with E-state index in [9.17, 15) is 19.5 Å². The molecule has 10 heteroatoms. The summed E-state index contributed by atoms with van der Waals surface area (Å²) in [5.41, 5.74) is 4.64. The van der Waals surface area contributed by atoms with Crippen molar-refractivity contribution in [2.45, 2.75) is 18.9 Å². The topological polar surface area (TPSA) is 145 Å². The molecule has 1 aromatic carbocycles. The minimum absolute atomic E-state index is 0.0246. The van der Waals surface area contributed by atoms with Gasteiger partial charge in [-0.3, -0.25) is 19.3 Å². The van der Waals surface area contributed by atoms with Crippen molar-refractivity contribution in [3.8, 4) is 11.5 Å². The van der Waals surface area contributed by atoms with E-state index < -0.39 is 28.4 Å². The van der Waals surface area contributed by atoms with Crippen LogP contribution in [-0.4, -0.2) is 49.3 Å². The maximum Gasteiger partial charge on any atom is 0.227 e. The van der Waals surface area contributed by atoms with E-state index in [1.54, 1.807) is 12.1 Å². The first-order valence-corrected chi connectivity index (χ1v) is 10.4. The van der Waals surface area contributed by atoms with Crippen LogP contribution >= 0.6 is 0 Å². The summed E-state index contributed by atoms with van der Waals surface area (Å²) in [5.74, 6) is -2.02. The van der Waals surface area contributed by atoms with E-state index in [0.29, 0.717) is 44.2 Å². The van der Waals surface area contributed by atoms with Crippen LogP contribution in [0.15, 0.2) is 49.0 Å². The van der Waals surface area contributed by atoms with Crippen LogP contribution in [0, 0.1) is 0 Å². The Hall–Kier alpha value is -3.63. The first kappa shape index (κ1) is 22.6. The van der Waals surface area contributed by atoms with E-state index in [-0.39, 0.29) is 28.9 Å². The fourth-order valence-electron chi connectivity index (χ4n) is 3.89. The van der Waals surface area contributed by atoms with Crippen molar-refractivity contribution in [1.82, 2.24) is 4.90 Å². The predicted molar refractivity (Wildman–Crippen MR) is 117 cm³/mol. The largest absolute Gasteiger partial charge is 0.502 e. The van der Waals surface area contributed by atoms with Crippen molar-refractivity contribution in [3.05, 3.63) is 68.1 Å². The van der Waals surface area contributed by atoms with Gasteiger partial charge >= 0.3 is 0 Å². The van der Waals surface area contributed by atoms with Crippen LogP contribution in [0.4, 0.5) is 0 Å². The molecule has 1 amide bonds. The molecule has 0 bridgehead atoms. The van der Waals surface area contributed by atoms with Crippen molar-refractivity contribution in [2.75, 3.05) is 33.4 Å². The molecule has 3 aromatic rings. The molecule has 10 nitrogen and oxygen atoms in total. The van der Waals surface area contributed by atoms with Gasteiger partial charge < -0.3 is 29.1 Å². The number of ether oxygens (including phenoxy) is 2. The lowest BCUT2D eigenvalue weighted by Crippen LogP contribution is -2.35. The molecule has 1 aliphatic heterocycles. The SMILES string of the molecule is COc1ccc2occ([C@H](CC(N)=O)c3oc(CN4CCOCC4)cc(=O)c3O)c(=O)c2c1. The van der Waals surface area contributed by atoms with Gasteiger partial charge in [-0.2, -0.15) is 0 Å². The Bertz CT molecular complexity index is 1290. The van der Waals surface area contributed by atoms with Crippen LogP contribution in [-0.2, 0) is 16.1 Å². The summed E-state index contributed by atoms with van der Waals surface area (Å²) in [6.45, 7) is 2.72. The molecule has 0 aliphatic carbocycles. The molecule has 2 aromatic heterocycles. The van der Waals surface area contributed by atoms with Gasteiger partial charge in [0.05, 0.1) is 44.4 Å². The molecule has 0 radical (unpaired) electrons. The molecule has 1 fully saturated rings. The quantitative estimate of drug-likeness (QED) is 0.537. The second-order valence-electron chi connectivity index (χ2n) is 7.78. The van der Waals surface area contributed by atoms with Crippen molar-refractivity contribution < 1.29 is 28.2 Å². The molecular weight excluding hydrogens is 432 g/mol. The van der Waals surface area contributed by atoms with Crippen LogP contribution in [0.2, 0.25) is 0 Å². The zero-order valence-corrected chi connectivity index (χ0v) is 18.0. The molecule has 0 saturated carbocycles. The summed E-state index contributed by atoms with van der Waals surface area (Å²) in [5, 5.41) is 10.7. The Morgan fingerprint density at radius 3 is 2.70 bits per heavy atom. The number of carbonyl (C=O) groups is 1. The van der Waals surface area contributed by atoms with Crippen molar-refractivity contribution in [2.24, 2.45) is 5.73 Å². The van der Waals surface area contributed by atoms with Gasteiger partial charge in [0.15, 0.2) is 11.2 Å². The number of morpholine rings is 1. The molecule has 1 atom stereocenters. The first-order chi connectivity index (χ1) is 15.9. The highest BCUT2D eigenvalue weighted by Crippen LogP contribution is 2.33. The Morgan fingerprint density at radius 1 is 1.24 bits per heavy atom. The van der Waals surface area contributed by atoms with Crippen molar-refractivity contribution >= 4 is 16.9 Å². The van der Waals surface area contributed by atoms with Crippen molar-refractivity contribution in [3.63, 3.8) is 0 Å². The van der Waals surface area contributed by atoms with Crippen LogP contribution in [0.25, 0.3) is 11.0 Å². The predicted octanol–water partition coefficient (Wildman–Crippen LogP) is 1.30. The second-order valence-corrected chi connectivity index (χ2v) is 7.78. The Balaban J connectivity index is 1.82. The highest BCUT2D eigenvalue weighted by atomic mass is 16.5. The molecule has 1 aliphatic rings. The van der Waals surface area contributed by atoms with E-state index >= 15 is 0 Å². The second kappa shape index (κ2) is 9.47. The van der Waals surface area contributed by atoms with Crippen LogP contribution in [0.1, 0.15) is 29.4 Å². The zero-order chi connectivity index (χ0) is 23.5. The number of hydrogen-bond acceptors (Lipinski definition) is 9. The van der Waals surface area contributed by atoms with Gasteiger partial charge in [0.25, 0.3) is 0 Å². The monoisotopic (exact) mass is 456 g/mol. The van der Waals surface area contributed by atoms with E-state index in [2.05, 4.69) is 0 Å². The maximum atomic E-state index is 13.3. The van der Waals surface area contributed by atoms with Gasteiger partial charge in [0.1, 0.15) is 17.1 Å². The van der Waals surface area contributed by atoms with E-state index in [1.165, 1.54) is 25.5 Å². The number of primary amides is 1. The first-order valence-electron chi connectivity index (χ1n) is 10.4. The third-order valence-electron chi connectivity index (χ3n) is 5.59. The normalized spacial score (nSPS) is 15.4. The summed E-state index contributed by atoms with van der Waals surface area (Å²) in [6, 6.07) is 5.94. The third-order valence-corrected chi connectivity index (χ3v) is 5.59. The number of rotatable bonds is 7. The van der Waals surface area contributed by atoms with Gasteiger partial charge in [-0.1, -0.05) is 0 Å². The number of aromatic hydroxyl groups is 1. The molecule has 0 spiro atoms. The van der Waals surface area contributed by atoms with E-state index in [1.807, 2.05) is 4.90 Å². The highest BCUT2D eigenvalue weighted by Gasteiger charge is 2.29. The summed E-state index contributed by atoms with van der Waals surface area (Å²) in [4.78, 5) is 39.7. The summed E-state index contributed by atoms with van der Waals surface area (Å²) >= 11 is 0. The van der Waals surface area contributed by atoms with E-state index in [4.69, 9.17) is 24.0 Å². The number of benzene rings is 1. The lowest BCUT2D eigenvalue weighted by molar-refractivity contribution is -0.118. The van der Waals surface area contributed by atoms with Crippen LogP contribution in [0.3, 0.4) is 0 Å². The Labute approximate surface area is 188 Å². The fourth-order valence-corrected chi connectivity index (χ4v) is 3.89. The molecule has 33 heavy (non-hydrogen) atoms. The average Bonchev–Trinajstić information content (AvgIpc) is 2.81. The lowest BCUT2D eigenvalue weighted by atomic mass is 9.92. The Kier molecular flexibility index (Phi) is 6.47. The molecule has 3 heterocycles. The summed E-state index contributed by atoms with van der Waals surface area (Å²) in [6.07, 6.45) is 0.816. The minimum Gasteiger partial charge on any atom is -0.502 e. The highest BCUT2D eigenvalue weighted by molar-refractivity contribution is 5.80. The number of methoxy groups -OCH3 is 1.